The summed E-state index contributed by atoms with van der Waals surface area (Å²) in [7, 11) is 0. The lowest BCUT2D eigenvalue weighted by Gasteiger charge is -2.32. The van der Waals surface area contributed by atoms with Crippen molar-refractivity contribution in [2.45, 2.75) is 70.3 Å². The van der Waals surface area contributed by atoms with E-state index in [4.69, 9.17) is 4.84 Å². The monoisotopic (exact) mass is 480 g/mol. The second-order valence-corrected chi connectivity index (χ2v) is 10.1. The average molecular weight is 481 g/mol. The Morgan fingerprint density at radius 2 is 1.63 bits per heavy atom. The van der Waals surface area contributed by atoms with Crippen LogP contribution in [-0.2, 0) is 9.63 Å². The highest BCUT2D eigenvalue weighted by Gasteiger charge is 2.34. The molecule has 0 aromatic heterocycles. The first-order valence-electron chi connectivity index (χ1n) is 12.7. The van der Waals surface area contributed by atoms with Crippen LogP contribution in [-0.4, -0.2) is 46.1 Å². The third-order valence-corrected chi connectivity index (χ3v) is 7.39. The van der Waals surface area contributed by atoms with Crippen LogP contribution in [0.2, 0.25) is 0 Å². The topological polar surface area (TPSA) is 99.1 Å². The Balaban J connectivity index is 1.33. The Morgan fingerprint density at radius 1 is 0.971 bits per heavy atom. The summed E-state index contributed by atoms with van der Waals surface area (Å²) >= 11 is 0. The minimum absolute atomic E-state index is 0.00909. The van der Waals surface area contributed by atoms with E-state index < -0.39 is 0 Å². The summed E-state index contributed by atoms with van der Waals surface area (Å²) < 4.78 is 0. The molecule has 35 heavy (non-hydrogen) atoms. The molecule has 1 heterocycles. The Hall–Kier alpha value is -3.06. The SMILES string of the molecule is CC(C)c1cc(C(=O)N2CCC(NOC(=O)[C@H](c3ccccc3)C3CCCC3)CC2)c(O)cc1O. The Bertz CT molecular complexity index is 1030. The minimum atomic E-state index is -0.263. The number of carbonyl (C=O) groups is 2. The fourth-order valence-electron chi connectivity index (χ4n) is 5.36. The predicted octanol–water partition coefficient (Wildman–Crippen LogP) is 4.85. The van der Waals surface area contributed by atoms with Crippen LogP contribution >= 0.6 is 0 Å². The molecule has 0 bridgehead atoms. The number of phenolic OH excluding ortho intramolecular Hbond substituents is 2. The molecule has 1 aliphatic carbocycles. The predicted molar refractivity (Wildman–Crippen MR) is 133 cm³/mol. The Labute approximate surface area is 207 Å². The van der Waals surface area contributed by atoms with Crippen molar-refractivity contribution in [2.24, 2.45) is 5.92 Å². The van der Waals surface area contributed by atoms with Gasteiger partial charge in [-0.1, -0.05) is 57.0 Å². The molecule has 3 N–H and O–H groups in total. The number of nitrogens with zero attached hydrogens (tertiary/aromatic N) is 1. The smallest absolute Gasteiger partial charge is 0.332 e. The van der Waals surface area contributed by atoms with E-state index in [1.807, 2.05) is 44.2 Å². The number of hydrogen-bond donors (Lipinski definition) is 3. The Kier molecular flexibility index (Phi) is 7.96. The van der Waals surface area contributed by atoms with Gasteiger partial charge in [0.05, 0.1) is 11.5 Å². The number of amides is 1. The first-order chi connectivity index (χ1) is 16.8. The number of aromatic hydroxyl groups is 2. The van der Waals surface area contributed by atoms with Gasteiger partial charge in [0, 0.05) is 25.2 Å². The Morgan fingerprint density at radius 3 is 2.26 bits per heavy atom. The molecule has 4 rings (SSSR count). The highest BCUT2D eigenvalue weighted by molar-refractivity contribution is 5.97. The van der Waals surface area contributed by atoms with Crippen molar-refractivity contribution in [2.75, 3.05) is 13.1 Å². The van der Waals surface area contributed by atoms with Gasteiger partial charge in [-0.15, -0.1) is 5.48 Å². The highest BCUT2D eigenvalue weighted by Crippen LogP contribution is 2.38. The van der Waals surface area contributed by atoms with Crippen LogP contribution in [0.4, 0.5) is 0 Å². The van der Waals surface area contributed by atoms with Crippen LogP contribution in [0, 0.1) is 5.92 Å². The molecule has 188 valence electrons. The molecule has 1 saturated heterocycles. The average Bonchev–Trinajstić information content (AvgIpc) is 3.38. The van der Waals surface area contributed by atoms with Gasteiger partial charge in [0.25, 0.3) is 5.91 Å². The number of rotatable bonds is 7. The lowest BCUT2D eigenvalue weighted by molar-refractivity contribution is -0.157. The summed E-state index contributed by atoms with van der Waals surface area (Å²) in [5.41, 5.74) is 4.80. The van der Waals surface area contributed by atoms with Gasteiger partial charge in [0.1, 0.15) is 11.5 Å². The van der Waals surface area contributed by atoms with Gasteiger partial charge in [-0.25, -0.2) is 4.79 Å². The molecule has 7 heteroatoms. The molecule has 2 aromatic rings. The van der Waals surface area contributed by atoms with Crippen molar-refractivity contribution in [1.29, 1.82) is 0 Å². The third kappa shape index (κ3) is 5.78. The molecular weight excluding hydrogens is 444 g/mol. The molecule has 1 atom stereocenters. The normalized spacial score (nSPS) is 18.1. The summed E-state index contributed by atoms with van der Waals surface area (Å²) in [5, 5.41) is 20.3. The van der Waals surface area contributed by atoms with E-state index in [1.165, 1.54) is 6.07 Å². The van der Waals surface area contributed by atoms with Gasteiger partial charge < -0.3 is 20.0 Å². The maximum absolute atomic E-state index is 13.1. The lowest BCUT2D eigenvalue weighted by atomic mass is 9.85. The zero-order valence-electron chi connectivity index (χ0n) is 20.6. The van der Waals surface area contributed by atoms with Crippen molar-refractivity contribution in [1.82, 2.24) is 10.4 Å². The van der Waals surface area contributed by atoms with Gasteiger partial charge >= 0.3 is 5.97 Å². The van der Waals surface area contributed by atoms with Crippen LogP contribution in [0.3, 0.4) is 0 Å². The molecule has 1 aliphatic heterocycles. The minimum Gasteiger partial charge on any atom is -0.508 e. The van der Waals surface area contributed by atoms with Gasteiger partial charge in [-0.3, -0.25) is 4.79 Å². The summed E-state index contributed by atoms with van der Waals surface area (Å²) in [5.74, 6) is -0.659. The van der Waals surface area contributed by atoms with Crippen LogP contribution in [0.1, 0.15) is 85.7 Å². The van der Waals surface area contributed by atoms with E-state index in [0.29, 0.717) is 37.4 Å². The third-order valence-electron chi connectivity index (χ3n) is 7.39. The molecular formula is C28H36N2O5. The van der Waals surface area contributed by atoms with E-state index in [9.17, 15) is 19.8 Å². The van der Waals surface area contributed by atoms with Crippen molar-refractivity contribution >= 4 is 11.9 Å². The number of phenols is 2. The lowest BCUT2D eigenvalue weighted by Crippen LogP contribution is -2.46. The molecule has 1 saturated carbocycles. The zero-order valence-corrected chi connectivity index (χ0v) is 20.6. The largest absolute Gasteiger partial charge is 0.508 e. The highest BCUT2D eigenvalue weighted by atomic mass is 16.7. The number of piperidine rings is 1. The van der Waals surface area contributed by atoms with Crippen molar-refractivity contribution < 1.29 is 24.6 Å². The molecule has 2 fully saturated rings. The van der Waals surface area contributed by atoms with Crippen molar-refractivity contribution in [3.05, 3.63) is 59.2 Å². The van der Waals surface area contributed by atoms with E-state index in [1.54, 1.807) is 11.0 Å². The number of hydrogen-bond acceptors (Lipinski definition) is 6. The van der Waals surface area contributed by atoms with Crippen molar-refractivity contribution in [3.63, 3.8) is 0 Å². The van der Waals surface area contributed by atoms with Crippen LogP contribution in [0.15, 0.2) is 42.5 Å². The summed E-state index contributed by atoms with van der Waals surface area (Å²) in [6.07, 6.45) is 5.64. The first kappa shape index (κ1) is 25.0. The van der Waals surface area contributed by atoms with Crippen LogP contribution < -0.4 is 5.48 Å². The maximum Gasteiger partial charge on any atom is 0.332 e. The van der Waals surface area contributed by atoms with Crippen LogP contribution in [0.5, 0.6) is 11.5 Å². The zero-order chi connectivity index (χ0) is 24.9. The summed E-state index contributed by atoms with van der Waals surface area (Å²) in [6, 6.07) is 12.6. The van der Waals surface area contributed by atoms with Crippen molar-refractivity contribution in [3.8, 4) is 11.5 Å². The second-order valence-electron chi connectivity index (χ2n) is 10.1. The van der Waals surface area contributed by atoms with E-state index >= 15 is 0 Å². The van der Waals surface area contributed by atoms with Gasteiger partial charge in [-0.2, -0.15) is 0 Å². The number of nitrogens with one attached hydrogen (secondary N) is 1. The quantitative estimate of drug-likeness (QED) is 0.490. The number of benzene rings is 2. The van der Waals surface area contributed by atoms with E-state index in [2.05, 4.69) is 5.48 Å². The van der Waals surface area contributed by atoms with Crippen LogP contribution in [0.25, 0.3) is 0 Å². The number of carbonyl (C=O) groups excluding carboxylic acids is 2. The standard InChI is InChI=1S/C28H36N2O5/c1-18(2)22-16-23(25(32)17-24(22)31)27(33)30-14-12-21(13-15-30)29-35-28(34)26(20-10-6-7-11-20)19-8-4-3-5-9-19/h3-5,8-9,16-18,20-21,26,29,31-32H,6-7,10-15H2,1-2H3/t26-/m1/s1. The fraction of sp³-hybridized carbons (Fsp3) is 0.500. The summed E-state index contributed by atoms with van der Waals surface area (Å²) in [6.45, 7) is 4.81. The molecule has 2 aliphatic rings. The molecule has 2 aromatic carbocycles. The fourth-order valence-corrected chi connectivity index (χ4v) is 5.36. The number of hydroxylamine groups is 1. The number of likely N-dealkylation sites (tertiary alicyclic amines) is 1. The second kappa shape index (κ2) is 11.1. The van der Waals surface area contributed by atoms with E-state index in [0.717, 1.165) is 31.2 Å². The van der Waals surface area contributed by atoms with Gasteiger partial charge in [-0.05, 0) is 54.7 Å². The van der Waals surface area contributed by atoms with Gasteiger partial charge in [0.2, 0.25) is 0 Å². The molecule has 1 amide bonds. The molecule has 0 radical (unpaired) electrons. The molecule has 0 unspecified atom stereocenters. The molecule has 7 nitrogen and oxygen atoms in total. The van der Waals surface area contributed by atoms with Gasteiger partial charge in [0.15, 0.2) is 0 Å². The maximum atomic E-state index is 13.1. The van der Waals surface area contributed by atoms with E-state index in [-0.39, 0.29) is 46.8 Å². The molecule has 0 spiro atoms. The summed E-state index contributed by atoms with van der Waals surface area (Å²) in [4.78, 5) is 33.4. The first-order valence-corrected chi connectivity index (χ1v) is 12.7.